The Balaban J connectivity index is 1.05. The summed E-state index contributed by atoms with van der Waals surface area (Å²) in [5.41, 5.74) is 7.38. The SMILES string of the molecule is Oc1ccc(C2Oc3ccc(/C=C/c4cc(O)cc5c4C(c4cc(O)cc(O)c4)[C@@H](c4ccc(O)cc4)O5)cc3C2c2cc(O)cc3c2C(c2cc(O)cc(O)c2)[C@@H](c2ccc(O)cc2)O3)cc1. The second-order valence-corrected chi connectivity index (χ2v) is 17.4. The van der Waals surface area contributed by atoms with Gasteiger partial charge in [0.15, 0.2) is 0 Å². The predicted octanol–water partition coefficient (Wildman–Crippen LogP) is 11.0. The smallest absolute Gasteiger partial charge is 0.135 e. The number of aromatic hydroxyl groups is 9. The number of hydrogen-bond donors (Lipinski definition) is 9. The molecule has 0 radical (unpaired) electrons. The molecule has 0 aromatic heterocycles. The van der Waals surface area contributed by atoms with E-state index in [0.717, 1.165) is 22.3 Å². The van der Waals surface area contributed by atoms with E-state index in [0.29, 0.717) is 56.2 Å². The van der Waals surface area contributed by atoms with Gasteiger partial charge >= 0.3 is 0 Å². The van der Waals surface area contributed by atoms with Gasteiger partial charge in [0.05, 0.1) is 17.8 Å². The molecular formula is C56H42O12. The highest BCUT2D eigenvalue weighted by atomic mass is 16.5. The number of fused-ring (bicyclic) bond motifs is 3. The molecule has 3 aliphatic rings. The minimum absolute atomic E-state index is 0.0494. The fourth-order valence-electron chi connectivity index (χ4n) is 10.2. The van der Waals surface area contributed by atoms with E-state index in [1.165, 1.54) is 24.3 Å². The Morgan fingerprint density at radius 3 is 1.21 bits per heavy atom. The maximum absolute atomic E-state index is 11.5. The standard InChI is InChI=1S/C56H42O12/c57-35-10-4-29(5-11-35)54-50(33-19-38(60)23-39(61)20-33)49-32(18-42(64)26-47(49)67-54)3-1-28-2-16-46-44(17-28)52(56(66-46)31-8-14-37(59)15-9-31)45-25-43(65)27-48-53(45)51(34-21-40(62)24-41(63)22-34)55(68-48)30-6-12-36(58)13-7-30/h1-27,50-52,54-65H/b3-1+/t50?,51?,52?,54-,55-,56?/m1/s1. The number of hydrogen-bond acceptors (Lipinski definition) is 12. The summed E-state index contributed by atoms with van der Waals surface area (Å²) in [6.07, 6.45) is 1.69. The third kappa shape index (κ3) is 7.47. The van der Waals surface area contributed by atoms with Crippen LogP contribution in [0.15, 0.2) is 152 Å². The lowest BCUT2D eigenvalue weighted by atomic mass is 9.76. The van der Waals surface area contributed by atoms with Crippen LogP contribution in [-0.4, -0.2) is 46.0 Å². The van der Waals surface area contributed by atoms with Crippen LogP contribution < -0.4 is 14.2 Å². The fraction of sp³-hybridized carbons (Fsp3) is 0.107. The highest BCUT2D eigenvalue weighted by molar-refractivity contribution is 5.76. The van der Waals surface area contributed by atoms with E-state index in [-0.39, 0.29) is 51.7 Å². The first-order valence-electron chi connectivity index (χ1n) is 21.8. The minimum Gasteiger partial charge on any atom is -0.508 e. The van der Waals surface area contributed by atoms with Gasteiger partial charge in [-0.1, -0.05) is 54.6 Å². The summed E-state index contributed by atoms with van der Waals surface area (Å²) in [7, 11) is 0. The van der Waals surface area contributed by atoms with Gasteiger partial charge in [0.25, 0.3) is 0 Å². The molecule has 3 heterocycles. The first kappa shape index (κ1) is 41.8. The topological polar surface area (TPSA) is 210 Å². The molecule has 0 aliphatic carbocycles. The molecular weight excluding hydrogens is 865 g/mol. The summed E-state index contributed by atoms with van der Waals surface area (Å²) >= 11 is 0. The maximum atomic E-state index is 11.5. The van der Waals surface area contributed by atoms with Crippen molar-refractivity contribution in [2.45, 2.75) is 36.1 Å². The van der Waals surface area contributed by atoms with E-state index in [1.54, 1.807) is 109 Å². The summed E-state index contributed by atoms with van der Waals surface area (Å²) in [5.74, 6) is -0.981. The number of phenols is 9. The molecule has 4 unspecified atom stereocenters. The second-order valence-electron chi connectivity index (χ2n) is 17.4. The lowest BCUT2D eigenvalue weighted by Gasteiger charge is -2.26. The molecule has 0 spiro atoms. The lowest BCUT2D eigenvalue weighted by Crippen LogP contribution is -2.16. The van der Waals surface area contributed by atoms with Gasteiger partial charge in [-0.05, 0) is 129 Å². The summed E-state index contributed by atoms with van der Waals surface area (Å²) < 4.78 is 20.0. The number of rotatable bonds is 8. The Bertz CT molecular complexity index is 3250. The van der Waals surface area contributed by atoms with Crippen LogP contribution in [0.4, 0.5) is 0 Å². The Morgan fingerprint density at radius 2 is 0.706 bits per heavy atom. The maximum Gasteiger partial charge on any atom is 0.135 e. The van der Waals surface area contributed by atoms with Crippen molar-refractivity contribution in [1.82, 2.24) is 0 Å². The zero-order chi connectivity index (χ0) is 47.0. The van der Waals surface area contributed by atoms with Crippen LogP contribution in [0.25, 0.3) is 12.2 Å². The van der Waals surface area contributed by atoms with Crippen LogP contribution >= 0.6 is 0 Å². The molecule has 12 heteroatoms. The molecule has 11 rings (SSSR count). The Kier molecular flexibility index (Phi) is 9.96. The number of phenolic OH excluding ortho intramolecular Hbond substituents is 9. The first-order chi connectivity index (χ1) is 32.8. The van der Waals surface area contributed by atoms with Crippen molar-refractivity contribution < 1.29 is 60.2 Å². The van der Waals surface area contributed by atoms with Crippen molar-refractivity contribution in [3.63, 3.8) is 0 Å². The monoisotopic (exact) mass is 906 g/mol. The molecule has 0 amide bonds. The molecule has 0 bridgehead atoms. The summed E-state index contributed by atoms with van der Waals surface area (Å²) in [5, 5.41) is 96.0. The van der Waals surface area contributed by atoms with Crippen LogP contribution in [0.5, 0.6) is 69.0 Å². The lowest BCUT2D eigenvalue weighted by molar-refractivity contribution is 0.220. The van der Waals surface area contributed by atoms with Crippen molar-refractivity contribution >= 4 is 12.2 Å². The molecule has 12 nitrogen and oxygen atoms in total. The second kappa shape index (κ2) is 16.2. The van der Waals surface area contributed by atoms with Crippen molar-refractivity contribution in [2.75, 3.05) is 0 Å². The van der Waals surface area contributed by atoms with Gasteiger partial charge in [0.2, 0.25) is 0 Å². The highest BCUT2D eigenvalue weighted by Crippen LogP contribution is 2.59. The molecule has 0 saturated carbocycles. The van der Waals surface area contributed by atoms with E-state index >= 15 is 0 Å². The molecule has 338 valence electrons. The molecule has 0 fully saturated rings. The van der Waals surface area contributed by atoms with Crippen LogP contribution in [0.3, 0.4) is 0 Å². The van der Waals surface area contributed by atoms with Crippen LogP contribution in [0.2, 0.25) is 0 Å². The average Bonchev–Trinajstić information content (AvgIpc) is 4.00. The molecule has 8 aromatic rings. The molecule has 3 aliphatic heterocycles. The Morgan fingerprint density at radius 1 is 0.294 bits per heavy atom. The van der Waals surface area contributed by atoms with E-state index in [1.807, 2.05) is 30.4 Å². The van der Waals surface area contributed by atoms with Gasteiger partial charge in [-0.3, -0.25) is 0 Å². The first-order valence-corrected chi connectivity index (χ1v) is 21.8. The van der Waals surface area contributed by atoms with Gasteiger partial charge in [0.1, 0.15) is 87.3 Å². The summed E-state index contributed by atoms with van der Waals surface area (Å²) in [4.78, 5) is 0. The Labute approximate surface area is 389 Å². The summed E-state index contributed by atoms with van der Waals surface area (Å²) in [6, 6.07) is 40.7. The minimum atomic E-state index is -0.718. The van der Waals surface area contributed by atoms with Gasteiger partial charge in [-0.25, -0.2) is 0 Å². The third-order valence-electron chi connectivity index (χ3n) is 13.0. The van der Waals surface area contributed by atoms with E-state index in [9.17, 15) is 46.0 Å². The zero-order valence-electron chi connectivity index (χ0n) is 35.8. The zero-order valence-corrected chi connectivity index (χ0v) is 35.8. The number of ether oxygens (including phenoxy) is 3. The Hall–Kier alpha value is -8.90. The summed E-state index contributed by atoms with van der Waals surface area (Å²) in [6.45, 7) is 0. The van der Waals surface area contributed by atoms with Gasteiger partial charge in [-0.2, -0.15) is 0 Å². The van der Waals surface area contributed by atoms with E-state index in [2.05, 4.69) is 0 Å². The van der Waals surface area contributed by atoms with Crippen molar-refractivity contribution in [3.05, 3.63) is 213 Å². The molecule has 8 aromatic carbocycles. The molecule has 6 atom stereocenters. The van der Waals surface area contributed by atoms with Gasteiger partial charge in [-0.15, -0.1) is 0 Å². The molecule has 68 heavy (non-hydrogen) atoms. The van der Waals surface area contributed by atoms with Gasteiger partial charge < -0.3 is 60.2 Å². The van der Waals surface area contributed by atoms with Crippen molar-refractivity contribution in [3.8, 4) is 69.0 Å². The van der Waals surface area contributed by atoms with Crippen molar-refractivity contribution in [2.24, 2.45) is 0 Å². The highest BCUT2D eigenvalue weighted by Gasteiger charge is 2.46. The van der Waals surface area contributed by atoms with Gasteiger partial charge in [0, 0.05) is 41.0 Å². The quantitative estimate of drug-likeness (QED) is 0.0652. The van der Waals surface area contributed by atoms with E-state index < -0.39 is 36.1 Å². The largest absolute Gasteiger partial charge is 0.508 e. The molecule has 0 saturated heterocycles. The molecule has 9 N–H and O–H groups in total. The normalized spacial score (nSPS) is 20.0. The predicted molar refractivity (Wildman–Crippen MR) is 251 cm³/mol. The third-order valence-corrected chi connectivity index (χ3v) is 13.0. The van der Waals surface area contributed by atoms with E-state index in [4.69, 9.17) is 14.2 Å². The average molecular weight is 907 g/mol. The fourth-order valence-corrected chi connectivity index (χ4v) is 10.2. The van der Waals surface area contributed by atoms with Crippen LogP contribution in [-0.2, 0) is 0 Å². The van der Waals surface area contributed by atoms with Crippen LogP contribution in [0.1, 0.15) is 97.3 Å². The number of benzene rings is 8. The van der Waals surface area contributed by atoms with Crippen molar-refractivity contribution in [1.29, 1.82) is 0 Å². The van der Waals surface area contributed by atoms with Crippen LogP contribution in [0, 0.1) is 0 Å².